The van der Waals surface area contributed by atoms with Gasteiger partial charge in [-0.1, -0.05) is 0 Å². The van der Waals surface area contributed by atoms with Gasteiger partial charge < -0.3 is 24.8 Å². The first kappa shape index (κ1) is 23.3. The maximum Gasteiger partial charge on any atom is 0.191 e. The van der Waals surface area contributed by atoms with E-state index in [9.17, 15) is 0 Å². The lowest BCUT2D eigenvalue weighted by molar-refractivity contribution is 0.369. The zero-order chi connectivity index (χ0) is 18.9. The number of halogens is 1. The van der Waals surface area contributed by atoms with Crippen LogP contribution >= 0.6 is 35.3 Å². The molecule has 0 atom stereocenters. The van der Waals surface area contributed by atoms with Crippen LogP contribution in [0.3, 0.4) is 0 Å². The summed E-state index contributed by atoms with van der Waals surface area (Å²) in [7, 11) is 4.85. The van der Waals surface area contributed by atoms with E-state index < -0.39 is 0 Å². The van der Waals surface area contributed by atoms with E-state index in [1.165, 1.54) is 4.88 Å². The average molecular weight is 506 g/mol. The van der Waals surface area contributed by atoms with E-state index in [-0.39, 0.29) is 24.0 Å². The van der Waals surface area contributed by atoms with Gasteiger partial charge in [0.25, 0.3) is 0 Å². The number of methoxy groups -OCH3 is 3. The second kappa shape index (κ2) is 11.9. The highest BCUT2D eigenvalue weighted by Gasteiger charge is 2.13. The number of ether oxygens (including phenoxy) is 3. The highest BCUT2D eigenvalue weighted by atomic mass is 127. The third-order valence-corrected chi connectivity index (χ3v) is 4.55. The van der Waals surface area contributed by atoms with Crippen LogP contribution in [0.2, 0.25) is 0 Å². The minimum absolute atomic E-state index is 0. The van der Waals surface area contributed by atoms with Gasteiger partial charge in [-0.2, -0.15) is 0 Å². The molecule has 2 rings (SSSR count). The number of guanidine groups is 1. The Hall–Kier alpha value is -1.75. The van der Waals surface area contributed by atoms with Crippen LogP contribution in [0, 0.1) is 6.92 Å². The quantitative estimate of drug-likeness (QED) is 0.325. The summed E-state index contributed by atoms with van der Waals surface area (Å²) >= 11 is 1.67. The van der Waals surface area contributed by atoms with Gasteiger partial charge in [-0.3, -0.25) is 0 Å². The molecule has 0 aliphatic rings. The van der Waals surface area contributed by atoms with Crippen molar-refractivity contribution in [3.63, 3.8) is 0 Å². The van der Waals surface area contributed by atoms with Crippen molar-refractivity contribution in [1.82, 2.24) is 15.6 Å². The molecule has 1 heterocycles. The molecule has 1 aromatic carbocycles. The van der Waals surface area contributed by atoms with Gasteiger partial charge in [0, 0.05) is 29.8 Å². The molecule has 27 heavy (non-hydrogen) atoms. The summed E-state index contributed by atoms with van der Waals surface area (Å²) in [6.07, 6.45) is 1.87. The topological polar surface area (TPSA) is 77.0 Å². The summed E-state index contributed by atoms with van der Waals surface area (Å²) in [5, 5.41) is 7.56. The number of aliphatic imine (C=N–C) groups is 1. The van der Waals surface area contributed by atoms with Crippen molar-refractivity contribution in [3.8, 4) is 17.2 Å². The summed E-state index contributed by atoms with van der Waals surface area (Å²) in [5.41, 5.74) is 0.859. The summed E-state index contributed by atoms with van der Waals surface area (Å²) in [4.78, 5) is 10.2. The van der Waals surface area contributed by atoms with Gasteiger partial charge in [0.1, 0.15) is 22.3 Å². The van der Waals surface area contributed by atoms with E-state index in [0.717, 1.165) is 17.1 Å². The molecule has 0 unspecified atom stereocenters. The maximum atomic E-state index is 5.48. The molecule has 2 aromatic rings. The molecule has 7 nitrogen and oxygen atoms in total. The summed E-state index contributed by atoms with van der Waals surface area (Å²) < 4.78 is 16.2. The molecule has 2 N–H and O–H groups in total. The van der Waals surface area contributed by atoms with Gasteiger partial charge in [-0.05, 0) is 13.8 Å². The summed E-state index contributed by atoms with van der Waals surface area (Å²) in [6.45, 7) is 5.87. The largest absolute Gasteiger partial charge is 0.496 e. The van der Waals surface area contributed by atoms with E-state index in [0.29, 0.717) is 36.3 Å². The van der Waals surface area contributed by atoms with Crippen LogP contribution in [0.25, 0.3) is 0 Å². The first-order valence-electron chi connectivity index (χ1n) is 8.33. The maximum absolute atomic E-state index is 5.48. The van der Waals surface area contributed by atoms with Crippen molar-refractivity contribution in [1.29, 1.82) is 0 Å². The van der Waals surface area contributed by atoms with E-state index in [2.05, 4.69) is 20.6 Å². The zero-order valence-corrected chi connectivity index (χ0v) is 19.4. The molecule has 0 aliphatic heterocycles. The van der Waals surface area contributed by atoms with Crippen LogP contribution in [-0.4, -0.2) is 38.8 Å². The second-order valence-corrected chi connectivity index (χ2v) is 6.74. The minimum atomic E-state index is 0. The lowest BCUT2D eigenvalue weighted by Crippen LogP contribution is -2.36. The highest BCUT2D eigenvalue weighted by molar-refractivity contribution is 14.0. The number of aryl methyl sites for hydroxylation is 1. The normalized spacial score (nSPS) is 10.8. The number of benzene rings is 1. The third-order valence-electron chi connectivity index (χ3n) is 3.63. The van der Waals surface area contributed by atoms with Gasteiger partial charge >= 0.3 is 0 Å². The first-order chi connectivity index (χ1) is 12.6. The van der Waals surface area contributed by atoms with E-state index >= 15 is 0 Å². The number of nitrogens with zero attached hydrogens (tertiary/aromatic N) is 2. The minimum Gasteiger partial charge on any atom is -0.496 e. The van der Waals surface area contributed by atoms with Crippen LogP contribution in [0.15, 0.2) is 23.3 Å². The molecule has 9 heteroatoms. The predicted molar refractivity (Wildman–Crippen MR) is 120 cm³/mol. The van der Waals surface area contributed by atoms with Crippen LogP contribution in [-0.2, 0) is 13.1 Å². The predicted octanol–water partition coefficient (Wildman–Crippen LogP) is 3.35. The molecule has 0 saturated carbocycles. The number of aromatic nitrogens is 1. The fourth-order valence-corrected chi connectivity index (χ4v) is 3.10. The van der Waals surface area contributed by atoms with Gasteiger partial charge in [-0.15, -0.1) is 35.3 Å². The Bertz CT molecular complexity index is 727. The van der Waals surface area contributed by atoms with Gasteiger partial charge in [0.05, 0.1) is 40.0 Å². The van der Waals surface area contributed by atoms with Gasteiger partial charge in [0.15, 0.2) is 5.96 Å². The fourth-order valence-electron chi connectivity index (χ4n) is 2.38. The van der Waals surface area contributed by atoms with Crippen LogP contribution in [0.1, 0.15) is 22.4 Å². The van der Waals surface area contributed by atoms with Crippen LogP contribution in [0.4, 0.5) is 0 Å². The molecule has 0 aliphatic carbocycles. The highest BCUT2D eigenvalue weighted by Crippen LogP contribution is 2.34. The van der Waals surface area contributed by atoms with E-state index in [1.54, 1.807) is 32.7 Å². The monoisotopic (exact) mass is 506 g/mol. The zero-order valence-electron chi connectivity index (χ0n) is 16.3. The van der Waals surface area contributed by atoms with Crippen molar-refractivity contribution < 1.29 is 14.2 Å². The molecule has 0 spiro atoms. The lowest BCUT2D eigenvalue weighted by Gasteiger charge is -2.15. The Labute approximate surface area is 181 Å². The third kappa shape index (κ3) is 6.73. The second-order valence-electron chi connectivity index (χ2n) is 5.42. The number of nitrogens with one attached hydrogen (secondary N) is 2. The van der Waals surface area contributed by atoms with Crippen LogP contribution < -0.4 is 24.8 Å². The molecule has 0 bridgehead atoms. The number of hydrogen-bond acceptors (Lipinski definition) is 6. The lowest BCUT2D eigenvalue weighted by atomic mass is 10.1. The smallest absolute Gasteiger partial charge is 0.191 e. The molecule has 0 amide bonds. The van der Waals surface area contributed by atoms with E-state index in [1.807, 2.05) is 32.2 Å². The summed E-state index contributed by atoms with van der Waals surface area (Å²) in [6, 6.07) is 3.65. The number of thiazole rings is 1. The van der Waals surface area contributed by atoms with Crippen molar-refractivity contribution in [3.05, 3.63) is 33.8 Å². The van der Waals surface area contributed by atoms with Crippen molar-refractivity contribution in [2.75, 3.05) is 27.9 Å². The average Bonchev–Trinajstić information content (AvgIpc) is 3.08. The standard InChI is InChI=1S/C18H26N4O3S.HI/c1-6-19-18(22-11-17-20-9-12(2)26-17)21-10-14-15(24-4)7-13(23-3)8-16(14)25-5;/h7-9H,6,10-11H2,1-5H3,(H2,19,21,22);1H. The molecular weight excluding hydrogens is 479 g/mol. The molecule has 0 saturated heterocycles. The Balaban J connectivity index is 0.00000364. The Morgan fingerprint density at radius 1 is 1.11 bits per heavy atom. The molecule has 150 valence electrons. The first-order valence-corrected chi connectivity index (χ1v) is 9.15. The van der Waals surface area contributed by atoms with E-state index in [4.69, 9.17) is 14.2 Å². The summed E-state index contributed by atoms with van der Waals surface area (Å²) in [5.74, 6) is 2.74. The molecule has 1 aromatic heterocycles. The number of rotatable bonds is 8. The Kier molecular flexibility index (Phi) is 10.2. The molecule has 0 radical (unpaired) electrons. The fraction of sp³-hybridized carbons (Fsp3) is 0.444. The van der Waals surface area contributed by atoms with Gasteiger partial charge in [-0.25, -0.2) is 9.98 Å². The molecular formula is C18H27IN4O3S. The molecule has 0 fully saturated rings. The van der Waals surface area contributed by atoms with Gasteiger partial charge in [0.2, 0.25) is 0 Å². The van der Waals surface area contributed by atoms with Crippen molar-refractivity contribution >= 4 is 41.3 Å². The Morgan fingerprint density at radius 2 is 1.78 bits per heavy atom. The van der Waals surface area contributed by atoms with Crippen LogP contribution in [0.5, 0.6) is 17.2 Å². The van der Waals surface area contributed by atoms with Crippen molar-refractivity contribution in [2.45, 2.75) is 26.9 Å². The SMILES string of the molecule is CCNC(=NCc1c(OC)cc(OC)cc1OC)NCc1ncc(C)s1.I. The van der Waals surface area contributed by atoms with Crippen molar-refractivity contribution in [2.24, 2.45) is 4.99 Å². The Morgan fingerprint density at radius 3 is 2.26 bits per heavy atom. The number of hydrogen-bond donors (Lipinski definition) is 2.